The second-order valence-electron chi connectivity index (χ2n) is 4.42. The predicted molar refractivity (Wildman–Crippen MR) is 67.7 cm³/mol. The van der Waals surface area contributed by atoms with Gasteiger partial charge in [-0.25, -0.2) is 0 Å². The van der Waals surface area contributed by atoms with Crippen LogP contribution in [-0.4, -0.2) is 29.4 Å². The predicted octanol–water partition coefficient (Wildman–Crippen LogP) is 1.95. The van der Waals surface area contributed by atoms with Crippen molar-refractivity contribution in [3.63, 3.8) is 0 Å². The van der Waals surface area contributed by atoms with E-state index in [1.807, 2.05) is 0 Å². The number of rotatable bonds is 6. The summed E-state index contributed by atoms with van der Waals surface area (Å²) in [4.78, 5) is 13.9. The number of carbonyl (C=O) groups is 1. The minimum atomic E-state index is -0.726. The highest BCUT2D eigenvalue weighted by atomic mass is 32.1. The van der Waals surface area contributed by atoms with Crippen LogP contribution in [0, 0.1) is 5.41 Å². The molecule has 0 atom stereocenters. The lowest BCUT2D eigenvalue weighted by atomic mass is 9.91. The van der Waals surface area contributed by atoms with Gasteiger partial charge >= 0.3 is 0 Å². The molecule has 2 N–H and O–H groups in total. The first-order valence-corrected chi connectivity index (χ1v) is 5.80. The van der Waals surface area contributed by atoms with Gasteiger partial charge in [-0.1, -0.05) is 32.0 Å². The van der Waals surface area contributed by atoms with Gasteiger partial charge in [0.15, 0.2) is 0 Å². The number of hydrogen-bond donors (Lipinski definition) is 1. The molecule has 0 aromatic carbocycles. The van der Waals surface area contributed by atoms with Gasteiger partial charge in [-0.15, -0.1) is 0 Å². The van der Waals surface area contributed by atoms with Crippen molar-refractivity contribution < 1.29 is 4.79 Å². The Labute approximate surface area is 98.0 Å². The zero-order chi connectivity index (χ0) is 12.1. The van der Waals surface area contributed by atoms with E-state index in [0.717, 1.165) is 25.8 Å². The van der Waals surface area contributed by atoms with Gasteiger partial charge in [0, 0.05) is 13.6 Å². The number of amides is 1. The molecule has 0 aliphatic heterocycles. The molecule has 15 heavy (non-hydrogen) atoms. The fourth-order valence-corrected chi connectivity index (χ4v) is 1.37. The van der Waals surface area contributed by atoms with Crippen LogP contribution in [0.15, 0.2) is 0 Å². The van der Waals surface area contributed by atoms with E-state index in [2.05, 4.69) is 6.92 Å². The summed E-state index contributed by atoms with van der Waals surface area (Å²) in [5.74, 6) is 0.00565. The molecule has 3 nitrogen and oxygen atoms in total. The zero-order valence-corrected chi connectivity index (χ0v) is 11.0. The largest absolute Gasteiger partial charge is 0.392 e. The maximum absolute atomic E-state index is 12.0. The molecule has 0 aliphatic rings. The Balaban J connectivity index is 4.25. The number of thiocarbonyl (C=S) groups is 1. The quantitative estimate of drug-likeness (QED) is 0.560. The lowest BCUT2D eigenvalue weighted by Crippen LogP contribution is -2.45. The Morgan fingerprint density at radius 1 is 1.40 bits per heavy atom. The summed E-state index contributed by atoms with van der Waals surface area (Å²) in [7, 11) is 1.80. The smallest absolute Gasteiger partial charge is 0.234 e. The molecular weight excluding hydrogens is 208 g/mol. The van der Waals surface area contributed by atoms with Crippen LogP contribution >= 0.6 is 12.2 Å². The lowest BCUT2D eigenvalue weighted by molar-refractivity contribution is -0.135. The van der Waals surface area contributed by atoms with Gasteiger partial charge in [0.05, 0.1) is 10.4 Å². The normalized spacial score (nSPS) is 11.2. The van der Waals surface area contributed by atoms with E-state index in [0.29, 0.717) is 0 Å². The van der Waals surface area contributed by atoms with Crippen molar-refractivity contribution in [2.45, 2.75) is 40.0 Å². The number of hydrogen-bond acceptors (Lipinski definition) is 2. The van der Waals surface area contributed by atoms with Crippen molar-refractivity contribution in [3.8, 4) is 0 Å². The van der Waals surface area contributed by atoms with Crippen LogP contribution in [0.3, 0.4) is 0 Å². The molecule has 0 bridgehead atoms. The Morgan fingerprint density at radius 3 is 2.33 bits per heavy atom. The van der Waals surface area contributed by atoms with Crippen molar-refractivity contribution in [2.75, 3.05) is 13.6 Å². The molecule has 0 aliphatic carbocycles. The monoisotopic (exact) mass is 230 g/mol. The maximum Gasteiger partial charge on any atom is 0.234 e. The Hall–Kier alpha value is -0.640. The first-order chi connectivity index (χ1) is 6.84. The van der Waals surface area contributed by atoms with E-state index in [-0.39, 0.29) is 10.9 Å². The van der Waals surface area contributed by atoms with Crippen LogP contribution in [0.5, 0.6) is 0 Å². The van der Waals surface area contributed by atoms with E-state index < -0.39 is 5.41 Å². The summed E-state index contributed by atoms with van der Waals surface area (Å²) < 4.78 is 0. The SMILES string of the molecule is CCCCCN(C)C(=O)C(C)(C)C(N)=S. The second-order valence-corrected chi connectivity index (χ2v) is 4.86. The van der Waals surface area contributed by atoms with Gasteiger partial charge in [-0.2, -0.15) is 0 Å². The average molecular weight is 230 g/mol. The molecular formula is C11H22N2OS. The van der Waals surface area contributed by atoms with Crippen LogP contribution in [0.4, 0.5) is 0 Å². The highest BCUT2D eigenvalue weighted by molar-refractivity contribution is 7.80. The maximum atomic E-state index is 12.0. The molecule has 0 radical (unpaired) electrons. The highest BCUT2D eigenvalue weighted by Gasteiger charge is 2.33. The zero-order valence-electron chi connectivity index (χ0n) is 10.2. The second kappa shape index (κ2) is 6.05. The number of nitrogens with zero attached hydrogens (tertiary/aromatic N) is 1. The molecule has 0 aromatic rings. The van der Waals surface area contributed by atoms with Crippen LogP contribution in [0.25, 0.3) is 0 Å². The Morgan fingerprint density at radius 2 is 1.93 bits per heavy atom. The lowest BCUT2D eigenvalue weighted by Gasteiger charge is -2.28. The van der Waals surface area contributed by atoms with Gasteiger partial charge in [0.1, 0.15) is 0 Å². The van der Waals surface area contributed by atoms with E-state index in [9.17, 15) is 4.79 Å². The molecule has 0 rings (SSSR count). The van der Waals surface area contributed by atoms with E-state index in [4.69, 9.17) is 18.0 Å². The fraction of sp³-hybridized carbons (Fsp3) is 0.818. The highest BCUT2D eigenvalue weighted by Crippen LogP contribution is 2.18. The van der Waals surface area contributed by atoms with Gasteiger partial charge in [0.25, 0.3) is 0 Å². The summed E-state index contributed by atoms with van der Waals surface area (Å²) in [6.45, 7) is 6.46. The van der Waals surface area contributed by atoms with Crippen molar-refractivity contribution in [1.82, 2.24) is 4.90 Å². The summed E-state index contributed by atoms with van der Waals surface area (Å²) in [5.41, 5.74) is 4.82. The number of unbranched alkanes of at least 4 members (excludes halogenated alkanes) is 2. The van der Waals surface area contributed by atoms with Crippen molar-refractivity contribution in [2.24, 2.45) is 11.1 Å². The standard InChI is InChI=1S/C11H22N2OS/c1-5-6-7-8-13(4)10(14)11(2,3)9(12)15/h5-8H2,1-4H3,(H2,12,15). The molecule has 0 aromatic heterocycles. The first kappa shape index (κ1) is 14.4. The minimum absolute atomic E-state index is 0.00565. The summed E-state index contributed by atoms with van der Waals surface area (Å²) >= 11 is 4.89. The van der Waals surface area contributed by atoms with Gasteiger partial charge in [-0.05, 0) is 20.3 Å². The van der Waals surface area contributed by atoms with Gasteiger partial charge in [0.2, 0.25) is 5.91 Å². The molecule has 0 unspecified atom stereocenters. The van der Waals surface area contributed by atoms with E-state index in [1.54, 1.807) is 25.8 Å². The van der Waals surface area contributed by atoms with Crippen LogP contribution in [0.2, 0.25) is 0 Å². The topological polar surface area (TPSA) is 46.3 Å². The number of nitrogens with two attached hydrogens (primary N) is 1. The minimum Gasteiger partial charge on any atom is -0.392 e. The summed E-state index contributed by atoms with van der Waals surface area (Å²) in [6.07, 6.45) is 3.33. The van der Waals surface area contributed by atoms with Crippen LogP contribution < -0.4 is 5.73 Å². The third-order valence-electron chi connectivity index (χ3n) is 2.59. The van der Waals surface area contributed by atoms with Gasteiger partial charge < -0.3 is 10.6 Å². The molecule has 88 valence electrons. The molecule has 0 heterocycles. The summed E-state index contributed by atoms with van der Waals surface area (Å²) in [6, 6.07) is 0. The Bertz CT molecular complexity index is 239. The first-order valence-electron chi connectivity index (χ1n) is 5.39. The molecule has 0 spiro atoms. The van der Waals surface area contributed by atoms with Crippen molar-refractivity contribution in [1.29, 1.82) is 0 Å². The van der Waals surface area contributed by atoms with E-state index in [1.165, 1.54) is 0 Å². The molecule has 0 fully saturated rings. The van der Waals surface area contributed by atoms with Crippen LogP contribution in [0.1, 0.15) is 40.0 Å². The Kier molecular flexibility index (Phi) is 5.80. The van der Waals surface area contributed by atoms with Crippen LogP contribution in [-0.2, 0) is 4.79 Å². The molecule has 4 heteroatoms. The van der Waals surface area contributed by atoms with E-state index >= 15 is 0 Å². The average Bonchev–Trinajstić information content (AvgIpc) is 2.16. The molecule has 1 amide bonds. The van der Waals surface area contributed by atoms with Gasteiger partial charge in [-0.3, -0.25) is 4.79 Å². The summed E-state index contributed by atoms with van der Waals surface area (Å²) in [5, 5.41) is 0. The third-order valence-corrected chi connectivity index (χ3v) is 3.10. The molecule has 0 saturated carbocycles. The number of carbonyl (C=O) groups excluding carboxylic acids is 1. The van der Waals surface area contributed by atoms with Crippen molar-refractivity contribution in [3.05, 3.63) is 0 Å². The molecule has 0 saturated heterocycles. The third kappa shape index (κ3) is 4.16. The van der Waals surface area contributed by atoms with Crippen molar-refractivity contribution >= 4 is 23.1 Å². The fourth-order valence-electron chi connectivity index (χ4n) is 1.28.